The minimum absolute atomic E-state index is 0.104. The van der Waals surface area contributed by atoms with Gasteiger partial charge in [0.1, 0.15) is 19.3 Å². The maximum Gasteiger partial charge on any atom is 0.472 e. The Labute approximate surface area is 588 Å². The van der Waals surface area contributed by atoms with Gasteiger partial charge in [0.25, 0.3) is 0 Å². The van der Waals surface area contributed by atoms with E-state index in [1.165, 1.54) is 186 Å². The first kappa shape index (κ1) is 94.1. The van der Waals surface area contributed by atoms with Crippen LogP contribution in [0.3, 0.4) is 0 Å². The van der Waals surface area contributed by atoms with E-state index >= 15 is 0 Å². The zero-order valence-electron chi connectivity index (χ0n) is 63.0. The van der Waals surface area contributed by atoms with Gasteiger partial charge in [0.2, 0.25) is 0 Å². The van der Waals surface area contributed by atoms with Crippen molar-refractivity contribution in [2.75, 3.05) is 39.6 Å². The van der Waals surface area contributed by atoms with E-state index in [-0.39, 0.29) is 25.7 Å². The second kappa shape index (κ2) is 66.3. The maximum absolute atomic E-state index is 13.1. The Morgan fingerprint density at radius 1 is 0.292 bits per heavy atom. The molecule has 0 rings (SSSR count). The molecule has 0 heterocycles. The van der Waals surface area contributed by atoms with E-state index in [4.69, 9.17) is 37.0 Å². The topological polar surface area (TPSA) is 237 Å². The summed E-state index contributed by atoms with van der Waals surface area (Å²) in [5, 5.41) is 10.6. The maximum atomic E-state index is 13.1. The smallest absolute Gasteiger partial charge is 0.462 e. The van der Waals surface area contributed by atoms with Crippen LogP contribution in [0, 0.1) is 23.7 Å². The van der Waals surface area contributed by atoms with Gasteiger partial charge in [0, 0.05) is 25.7 Å². The molecule has 0 saturated carbocycles. The van der Waals surface area contributed by atoms with Gasteiger partial charge in [-0.05, 0) is 49.4 Å². The summed E-state index contributed by atoms with van der Waals surface area (Å²) in [5.41, 5.74) is 0. The van der Waals surface area contributed by atoms with E-state index in [2.05, 4.69) is 55.4 Å². The number of phosphoric ester groups is 2. The molecule has 0 fully saturated rings. The molecule has 0 amide bonds. The molecule has 0 radical (unpaired) electrons. The van der Waals surface area contributed by atoms with Gasteiger partial charge in [0.05, 0.1) is 26.4 Å². The van der Waals surface area contributed by atoms with Crippen molar-refractivity contribution in [1.29, 1.82) is 0 Å². The molecule has 0 spiro atoms. The highest BCUT2D eigenvalue weighted by Gasteiger charge is 2.30. The van der Waals surface area contributed by atoms with Crippen molar-refractivity contribution in [1.82, 2.24) is 0 Å². The van der Waals surface area contributed by atoms with Crippen LogP contribution in [0.5, 0.6) is 0 Å². The summed E-state index contributed by atoms with van der Waals surface area (Å²) >= 11 is 0. The summed E-state index contributed by atoms with van der Waals surface area (Å²) in [6.45, 7) is 14.2. The monoisotopic (exact) mass is 1410 g/mol. The summed E-state index contributed by atoms with van der Waals surface area (Å²) < 4.78 is 68.5. The average molecular weight is 1410 g/mol. The van der Waals surface area contributed by atoms with Crippen molar-refractivity contribution in [3.8, 4) is 0 Å². The van der Waals surface area contributed by atoms with Crippen molar-refractivity contribution < 1.29 is 80.2 Å². The van der Waals surface area contributed by atoms with Crippen molar-refractivity contribution in [3.63, 3.8) is 0 Å². The third-order valence-corrected chi connectivity index (χ3v) is 20.8. The van der Waals surface area contributed by atoms with Gasteiger partial charge < -0.3 is 33.8 Å². The Bertz CT molecular complexity index is 1890. The molecule has 17 nitrogen and oxygen atoms in total. The summed E-state index contributed by atoms with van der Waals surface area (Å²) in [6, 6.07) is 0. The van der Waals surface area contributed by atoms with Gasteiger partial charge in [-0.1, -0.05) is 338 Å². The minimum atomic E-state index is -4.96. The molecule has 19 heteroatoms. The van der Waals surface area contributed by atoms with E-state index in [0.717, 1.165) is 120 Å². The fourth-order valence-corrected chi connectivity index (χ4v) is 13.2. The fourth-order valence-electron chi connectivity index (χ4n) is 11.6. The summed E-state index contributed by atoms with van der Waals surface area (Å²) in [5.74, 6) is 0.992. The SMILES string of the molecule is CCC(C)CCCCCCCCCCCCCCCCCCCCC(=O)O[C@H](COC(=O)CCCCCCCCCCCC(C)C)COP(=O)(O)OC[C@@H](O)COP(=O)(O)OC[C@@H](COC(=O)CCCCCCCCC(C)CC)OC(=O)CCCCCCCCCCC(C)CC. The molecule has 5 unspecified atom stereocenters. The molecule has 0 aliphatic heterocycles. The van der Waals surface area contributed by atoms with Crippen molar-refractivity contribution in [2.24, 2.45) is 23.7 Å². The van der Waals surface area contributed by atoms with Crippen LogP contribution >= 0.6 is 15.6 Å². The first-order valence-corrected chi connectivity index (χ1v) is 42.8. The van der Waals surface area contributed by atoms with Crippen molar-refractivity contribution in [3.05, 3.63) is 0 Å². The molecule has 0 aromatic heterocycles. The summed E-state index contributed by atoms with van der Waals surface area (Å²) in [6.07, 6.45) is 51.4. The van der Waals surface area contributed by atoms with Crippen LogP contribution in [0.4, 0.5) is 0 Å². The van der Waals surface area contributed by atoms with Gasteiger partial charge >= 0.3 is 39.5 Å². The van der Waals surface area contributed by atoms with E-state index in [1.807, 2.05) is 0 Å². The normalized spacial score (nSPS) is 15.0. The molecule has 0 aliphatic rings. The van der Waals surface area contributed by atoms with Crippen LogP contribution in [0.2, 0.25) is 0 Å². The Balaban J connectivity index is 5.20. The van der Waals surface area contributed by atoms with E-state index < -0.39 is 97.5 Å². The molecule has 0 aromatic carbocycles. The second-order valence-electron chi connectivity index (χ2n) is 28.9. The average Bonchev–Trinajstić information content (AvgIpc) is 2.57. The number of aliphatic hydroxyl groups excluding tert-OH is 1. The van der Waals surface area contributed by atoms with Gasteiger partial charge in [-0.25, -0.2) is 9.13 Å². The lowest BCUT2D eigenvalue weighted by molar-refractivity contribution is -0.161. The second-order valence-corrected chi connectivity index (χ2v) is 31.9. The largest absolute Gasteiger partial charge is 0.472 e. The molecular formula is C77H150O17P2. The van der Waals surface area contributed by atoms with E-state index in [1.54, 1.807) is 0 Å². The van der Waals surface area contributed by atoms with Crippen LogP contribution in [-0.4, -0.2) is 96.7 Å². The molecule has 3 N–H and O–H groups in total. The molecule has 0 aliphatic carbocycles. The van der Waals surface area contributed by atoms with Crippen LogP contribution < -0.4 is 0 Å². The molecule has 8 atom stereocenters. The zero-order valence-corrected chi connectivity index (χ0v) is 64.8. The predicted molar refractivity (Wildman–Crippen MR) is 391 cm³/mol. The van der Waals surface area contributed by atoms with Crippen LogP contribution in [0.1, 0.15) is 389 Å². The molecule has 0 bridgehead atoms. The number of phosphoric acid groups is 2. The number of carbonyl (C=O) groups is 4. The van der Waals surface area contributed by atoms with Gasteiger partial charge in [-0.15, -0.1) is 0 Å². The van der Waals surface area contributed by atoms with Gasteiger partial charge in [0.15, 0.2) is 12.2 Å². The summed E-state index contributed by atoms with van der Waals surface area (Å²) in [4.78, 5) is 72.8. The lowest BCUT2D eigenvalue weighted by Crippen LogP contribution is -2.30. The van der Waals surface area contributed by atoms with Crippen LogP contribution in [0.25, 0.3) is 0 Å². The molecule has 0 saturated heterocycles. The number of unbranched alkanes of at least 4 members (excludes halogenated alkanes) is 37. The number of aliphatic hydroxyl groups is 1. The van der Waals surface area contributed by atoms with Gasteiger partial charge in [-0.2, -0.15) is 0 Å². The predicted octanol–water partition coefficient (Wildman–Crippen LogP) is 22.4. The van der Waals surface area contributed by atoms with Crippen molar-refractivity contribution >= 4 is 39.5 Å². The minimum Gasteiger partial charge on any atom is -0.462 e. The van der Waals surface area contributed by atoms with Gasteiger partial charge in [-0.3, -0.25) is 37.3 Å². The Hall–Kier alpha value is -1.94. The van der Waals surface area contributed by atoms with E-state index in [9.17, 15) is 43.2 Å². The molecular weight excluding hydrogens is 1260 g/mol. The highest BCUT2D eigenvalue weighted by Crippen LogP contribution is 2.45. The zero-order chi connectivity index (χ0) is 71.0. The Morgan fingerprint density at radius 2 is 0.500 bits per heavy atom. The molecule has 570 valence electrons. The molecule has 96 heavy (non-hydrogen) atoms. The third kappa shape index (κ3) is 66.6. The highest BCUT2D eigenvalue weighted by atomic mass is 31.2. The van der Waals surface area contributed by atoms with Crippen LogP contribution in [0.15, 0.2) is 0 Å². The molecule has 0 aromatic rings. The number of hydrogen-bond acceptors (Lipinski definition) is 15. The highest BCUT2D eigenvalue weighted by molar-refractivity contribution is 7.47. The lowest BCUT2D eigenvalue weighted by Gasteiger charge is -2.21. The summed E-state index contributed by atoms with van der Waals surface area (Å²) in [7, 11) is -9.91. The quantitative estimate of drug-likeness (QED) is 0.0222. The number of ether oxygens (including phenoxy) is 4. The lowest BCUT2D eigenvalue weighted by atomic mass is 9.99. The number of hydrogen-bond donors (Lipinski definition) is 3. The van der Waals surface area contributed by atoms with E-state index in [0.29, 0.717) is 25.7 Å². The van der Waals surface area contributed by atoms with Crippen LogP contribution in [-0.2, 0) is 65.4 Å². The standard InChI is InChI=1S/C77H150O17P2/c1-9-68(6)54-46-38-30-24-20-18-16-14-12-13-15-17-19-21-25-33-43-51-59-76(81)93-72(63-87-74(79)57-49-41-32-26-22-23-29-37-45-53-67(4)5)65-91-95(83,84)89-61-71(78)62-90-96(85,86)92-66-73(64-88-75(80)58-50-42-36-35-40-48-56-70(8)11-3)94-77(82)60-52-44-34-28-27-31-39-47-55-69(7)10-2/h67-73,78H,9-66H2,1-8H3,(H,83,84)(H,85,86)/t68?,69?,70?,71-,72-,73-/m1/s1. The fraction of sp³-hybridized carbons (Fsp3) is 0.948. The number of esters is 4. The number of carbonyl (C=O) groups excluding carboxylic acids is 4. The van der Waals surface area contributed by atoms with Crippen molar-refractivity contribution in [2.45, 2.75) is 408 Å². The first-order valence-electron chi connectivity index (χ1n) is 39.8. The first-order chi connectivity index (χ1) is 46.2. The Morgan fingerprint density at radius 3 is 0.740 bits per heavy atom. The number of rotatable bonds is 74. The Kier molecular flexibility index (Phi) is 65.0. The third-order valence-electron chi connectivity index (χ3n) is 18.9.